The van der Waals surface area contributed by atoms with Crippen molar-refractivity contribution >= 4 is 5.91 Å². The van der Waals surface area contributed by atoms with Crippen LogP contribution in [0.1, 0.15) is 26.2 Å². The number of hydrogen-bond donors (Lipinski definition) is 0. The summed E-state index contributed by atoms with van der Waals surface area (Å²) in [6.45, 7) is 3.27. The fourth-order valence-electron chi connectivity index (χ4n) is 1.58. The molecule has 0 aromatic carbocycles. The third-order valence-corrected chi connectivity index (χ3v) is 2.44. The van der Waals surface area contributed by atoms with Crippen molar-refractivity contribution in [1.82, 2.24) is 4.90 Å². The number of piperidine rings is 1. The standard InChI is InChI=1S/C9H14N2O/c1-8(12)11-6-3-9(2-5-10)4-7-11/h9H,2-4,6-7H2,1H3. The highest BCUT2D eigenvalue weighted by Crippen LogP contribution is 2.19. The van der Waals surface area contributed by atoms with Crippen molar-refractivity contribution in [2.75, 3.05) is 13.1 Å². The molecule has 1 amide bonds. The van der Waals surface area contributed by atoms with Crippen LogP contribution in [0.25, 0.3) is 0 Å². The van der Waals surface area contributed by atoms with Crippen LogP contribution in [0.4, 0.5) is 0 Å². The van der Waals surface area contributed by atoms with Crippen LogP contribution in [0.3, 0.4) is 0 Å². The maximum absolute atomic E-state index is 10.9. The Morgan fingerprint density at radius 2 is 2.17 bits per heavy atom. The molecular weight excluding hydrogens is 152 g/mol. The number of nitrogens with zero attached hydrogens (tertiary/aromatic N) is 2. The molecule has 0 N–H and O–H groups in total. The Hall–Kier alpha value is -1.04. The summed E-state index contributed by atoms with van der Waals surface area (Å²) in [6.07, 6.45) is 2.63. The van der Waals surface area contributed by atoms with E-state index < -0.39 is 0 Å². The molecule has 1 saturated heterocycles. The van der Waals surface area contributed by atoms with Gasteiger partial charge in [-0.3, -0.25) is 4.79 Å². The molecule has 0 radical (unpaired) electrons. The van der Waals surface area contributed by atoms with Gasteiger partial charge in [-0.1, -0.05) is 0 Å². The third kappa shape index (κ3) is 2.23. The molecule has 0 aromatic heterocycles. The summed E-state index contributed by atoms with van der Waals surface area (Å²) in [5.41, 5.74) is 0. The first-order valence-electron chi connectivity index (χ1n) is 4.36. The lowest BCUT2D eigenvalue weighted by Crippen LogP contribution is -2.36. The second-order valence-corrected chi connectivity index (χ2v) is 3.31. The summed E-state index contributed by atoms with van der Waals surface area (Å²) < 4.78 is 0. The Kier molecular flexibility index (Phi) is 3.09. The molecule has 3 heteroatoms. The molecule has 0 aromatic rings. The topological polar surface area (TPSA) is 44.1 Å². The van der Waals surface area contributed by atoms with Crippen LogP contribution < -0.4 is 0 Å². The van der Waals surface area contributed by atoms with E-state index >= 15 is 0 Å². The van der Waals surface area contributed by atoms with Crippen LogP contribution in [-0.2, 0) is 4.79 Å². The molecule has 66 valence electrons. The van der Waals surface area contributed by atoms with Gasteiger partial charge < -0.3 is 4.90 Å². The predicted molar refractivity (Wildman–Crippen MR) is 45.2 cm³/mol. The molecule has 1 rings (SSSR count). The Bertz CT molecular complexity index is 199. The molecule has 0 aliphatic carbocycles. The molecule has 3 nitrogen and oxygen atoms in total. The second-order valence-electron chi connectivity index (χ2n) is 3.31. The van der Waals surface area contributed by atoms with Crippen LogP contribution in [0.15, 0.2) is 0 Å². The first-order chi connectivity index (χ1) is 5.74. The lowest BCUT2D eigenvalue weighted by atomic mass is 9.94. The van der Waals surface area contributed by atoms with E-state index in [1.165, 1.54) is 0 Å². The number of hydrogen-bond acceptors (Lipinski definition) is 2. The SMILES string of the molecule is CC(=O)N1CCC(CC#N)CC1. The summed E-state index contributed by atoms with van der Waals surface area (Å²) in [4.78, 5) is 12.8. The predicted octanol–water partition coefficient (Wildman–Crippen LogP) is 1.16. The smallest absolute Gasteiger partial charge is 0.219 e. The van der Waals surface area contributed by atoms with Crippen molar-refractivity contribution in [2.24, 2.45) is 5.92 Å². The minimum absolute atomic E-state index is 0.158. The van der Waals surface area contributed by atoms with Gasteiger partial charge in [0.2, 0.25) is 5.91 Å². The zero-order valence-corrected chi connectivity index (χ0v) is 7.42. The molecule has 0 bridgehead atoms. The molecule has 1 fully saturated rings. The number of carbonyl (C=O) groups excluding carboxylic acids is 1. The van der Waals surface area contributed by atoms with Crippen molar-refractivity contribution in [2.45, 2.75) is 26.2 Å². The fraction of sp³-hybridized carbons (Fsp3) is 0.778. The molecule has 1 aliphatic heterocycles. The molecule has 1 aliphatic rings. The van der Waals surface area contributed by atoms with E-state index in [0.29, 0.717) is 12.3 Å². The van der Waals surface area contributed by atoms with E-state index in [9.17, 15) is 4.79 Å². The van der Waals surface area contributed by atoms with Crippen LogP contribution in [-0.4, -0.2) is 23.9 Å². The van der Waals surface area contributed by atoms with E-state index in [1.807, 2.05) is 4.90 Å². The molecule has 12 heavy (non-hydrogen) atoms. The van der Waals surface area contributed by atoms with Crippen molar-refractivity contribution in [3.63, 3.8) is 0 Å². The van der Waals surface area contributed by atoms with Crippen molar-refractivity contribution in [3.05, 3.63) is 0 Å². The normalized spacial score (nSPS) is 18.8. The zero-order chi connectivity index (χ0) is 8.97. The molecule has 1 heterocycles. The Labute approximate surface area is 73.0 Å². The first-order valence-corrected chi connectivity index (χ1v) is 4.36. The quantitative estimate of drug-likeness (QED) is 0.586. The molecule has 0 saturated carbocycles. The van der Waals surface area contributed by atoms with Crippen LogP contribution in [0, 0.1) is 17.2 Å². The zero-order valence-electron chi connectivity index (χ0n) is 7.42. The molecule has 0 spiro atoms. The molecule has 0 atom stereocenters. The minimum atomic E-state index is 0.158. The largest absolute Gasteiger partial charge is 0.343 e. The Morgan fingerprint density at radius 1 is 1.58 bits per heavy atom. The van der Waals surface area contributed by atoms with Crippen LogP contribution >= 0.6 is 0 Å². The fourth-order valence-corrected chi connectivity index (χ4v) is 1.58. The lowest BCUT2D eigenvalue weighted by Gasteiger charge is -2.30. The highest BCUT2D eigenvalue weighted by atomic mass is 16.2. The van der Waals surface area contributed by atoms with Gasteiger partial charge in [0, 0.05) is 26.4 Å². The van der Waals surface area contributed by atoms with E-state index in [4.69, 9.17) is 5.26 Å². The monoisotopic (exact) mass is 166 g/mol. The average Bonchev–Trinajstić information content (AvgIpc) is 2.06. The van der Waals surface area contributed by atoms with Crippen LogP contribution in [0.2, 0.25) is 0 Å². The summed E-state index contributed by atoms with van der Waals surface area (Å²) in [5, 5.41) is 8.46. The van der Waals surface area contributed by atoms with Crippen molar-refractivity contribution in [3.8, 4) is 6.07 Å². The maximum atomic E-state index is 10.9. The van der Waals surface area contributed by atoms with Crippen molar-refractivity contribution < 1.29 is 4.79 Å². The van der Waals surface area contributed by atoms with Gasteiger partial charge in [-0.15, -0.1) is 0 Å². The van der Waals surface area contributed by atoms with Crippen molar-refractivity contribution in [1.29, 1.82) is 5.26 Å². The van der Waals surface area contributed by atoms with Gasteiger partial charge >= 0.3 is 0 Å². The van der Waals surface area contributed by atoms with Gasteiger partial charge in [0.05, 0.1) is 6.07 Å². The number of likely N-dealkylation sites (tertiary alicyclic amines) is 1. The summed E-state index contributed by atoms with van der Waals surface area (Å²) in [5.74, 6) is 0.677. The summed E-state index contributed by atoms with van der Waals surface area (Å²) in [7, 11) is 0. The number of nitriles is 1. The third-order valence-electron chi connectivity index (χ3n) is 2.44. The van der Waals surface area contributed by atoms with E-state index in [2.05, 4.69) is 6.07 Å². The highest BCUT2D eigenvalue weighted by Gasteiger charge is 2.19. The van der Waals surface area contributed by atoms with Gasteiger partial charge in [-0.05, 0) is 18.8 Å². The number of amides is 1. The summed E-state index contributed by atoms with van der Waals surface area (Å²) in [6, 6.07) is 2.18. The highest BCUT2D eigenvalue weighted by molar-refractivity contribution is 5.73. The second kappa shape index (κ2) is 4.10. The van der Waals surface area contributed by atoms with Gasteiger partial charge in [0.15, 0.2) is 0 Å². The molecule has 0 unspecified atom stereocenters. The Balaban J connectivity index is 2.30. The Morgan fingerprint density at radius 3 is 2.58 bits per heavy atom. The average molecular weight is 166 g/mol. The van der Waals surface area contributed by atoms with E-state index in [-0.39, 0.29) is 5.91 Å². The van der Waals surface area contributed by atoms with Gasteiger partial charge in [-0.25, -0.2) is 0 Å². The lowest BCUT2D eigenvalue weighted by molar-refractivity contribution is -0.130. The summed E-state index contributed by atoms with van der Waals surface area (Å²) >= 11 is 0. The first kappa shape index (κ1) is 9.05. The van der Waals surface area contributed by atoms with E-state index in [0.717, 1.165) is 25.9 Å². The van der Waals surface area contributed by atoms with E-state index in [1.54, 1.807) is 6.92 Å². The maximum Gasteiger partial charge on any atom is 0.219 e. The van der Waals surface area contributed by atoms with Gasteiger partial charge in [0.25, 0.3) is 0 Å². The number of rotatable bonds is 1. The van der Waals surface area contributed by atoms with Crippen LogP contribution in [0.5, 0.6) is 0 Å². The number of carbonyl (C=O) groups is 1. The van der Waals surface area contributed by atoms with Gasteiger partial charge in [-0.2, -0.15) is 5.26 Å². The van der Waals surface area contributed by atoms with Gasteiger partial charge in [0.1, 0.15) is 0 Å². The minimum Gasteiger partial charge on any atom is -0.343 e. The molecular formula is C9H14N2O.